The molecule has 1 rings (SSSR count). The third-order valence-electron chi connectivity index (χ3n) is 11.0. The van der Waals surface area contributed by atoms with Crippen molar-refractivity contribution < 1.29 is 56.2 Å². The third kappa shape index (κ3) is 33.5. The predicted molar refractivity (Wildman–Crippen MR) is 243 cm³/mol. The van der Waals surface area contributed by atoms with E-state index in [4.69, 9.17) is 23.5 Å². The Morgan fingerprint density at radius 3 is 1.57 bits per heavy atom. The average Bonchev–Trinajstić information content (AvgIpc) is 3.23. The molecule has 6 atom stereocenters. The summed E-state index contributed by atoms with van der Waals surface area (Å²) in [5.74, 6) is -0.403. The molecule has 13 heteroatoms. The van der Waals surface area contributed by atoms with Gasteiger partial charge in [-0.25, -0.2) is 4.18 Å². The van der Waals surface area contributed by atoms with E-state index in [-0.39, 0.29) is 19.6 Å². The summed E-state index contributed by atoms with van der Waals surface area (Å²) < 4.78 is 59.0. The fraction of sp³-hybridized carbons (Fsp3) is 0.854. The lowest BCUT2D eigenvalue weighted by atomic mass is 9.99. The van der Waals surface area contributed by atoms with Gasteiger partial charge in [0.25, 0.3) is 0 Å². The summed E-state index contributed by atoms with van der Waals surface area (Å²) in [5.41, 5.74) is 0. The summed E-state index contributed by atoms with van der Waals surface area (Å²) in [6.07, 6.45) is 37.6. The summed E-state index contributed by atoms with van der Waals surface area (Å²) >= 11 is 0. The largest absolute Gasteiger partial charge is 0.457 e. The topological polar surface area (TPSA) is 178 Å². The van der Waals surface area contributed by atoms with Crippen molar-refractivity contribution in [2.75, 3.05) is 26.4 Å². The summed E-state index contributed by atoms with van der Waals surface area (Å²) in [4.78, 5) is 12.8. The molecular formula is C48H88O12S. The van der Waals surface area contributed by atoms with E-state index in [1.54, 1.807) is 0 Å². The van der Waals surface area contributed by atoms with Crippen LogP contribution in [0.25, 0.3) is 0 Å². The Kier molecular flexibility index (Phi) is 37.5. The van der Waals surface area contributed by atoms with Crippen molar-refractivity contribution in [2.45, 2.75) is 237 Å². The molecule has 1 fully saturated rings. The minimum atomic E-state index is -5.06. The zero-order valence-electron chi connectivity index (χ0n) is 38.2. The van der Waals surface area contributed by atoms with E-state index in [0.29, 0.717) is 13.0 Å². The number of aliphatic hydroxyl groups excluding tert-OH is 3. The maximum Gasteiger partial charge on any atom is 0.397 e. The number of hydrogen-bond acceptors (Lipinski definition) is 11. The molecule has 0 aromatic carbocycles. The molecule has 0 radical (unpaired) electrons. The van der Waals surface area contributed by atoms with Crippen LogP contribution >= 0.6 is 0 Å². The highest BCUT2D eigenvalue weighted by Crippen LogP contribution is 2.26. The van der Waals surface area contributed by atoms with Crippen LogP contribution in [0.5, 0.6) is 0 Å². The molecule has 61 heavy (non-hydrogen) atoms. The van der Waals surface area contributed by atoms with Gasteiger partial charge in [-0.2, -0.15) is 8.42 Å². The van der Waals surface area contributed by atoms with Gasteiger partial charge in [0.1, 0.15) is 30.5 Å². The second kappa shape index (κ2) is 39.9. The fourth-order valence-electron chi connectivity index (χ4n) is 7.33. The summed E-state index contributed by atoms with van der Waals surface area (Å²) in [7, 11) is -5.06. The fourth-order valence-corrected chi connectivity index (χ4v) is 7.84. The van der Waals surface area contributed by atoms with Crippen molar-refractivity contribution in [3.63, 3.8) is 0 Å². The Balaban J connectivity index is 2.30. The molecule has 0 spiro atoms. The van der Waals surface area contributed by atoms with Crippen LogP contribution in [0.2, 0.25) is 0 Å². The number of ether oxygens (including phenoxy) is 4. The van der Waals surface area contributed by atoms with Gasteiger partial charge < -0.3 is 34.3 Å². The molecule has 4 N–H and O–H groups in total. The molecule has 1 saturated heterocycles. The molecule has 0 bridgehead atoms. The standard InChI is InChI=1S/C48H88O12S/c1-3-5-7-9-11-13-14-15-16-17-18-19-20-21-22-23-24-25-26-27-28-29-31-33-35-37-44(50)58-42(40-56-38-36-34-32-30-12-10-8-6-4-2)41-57-48-46(52)47(60-61(53,54)55)45(51)43(39-49)59-48/h14-15,17-18,20-21,42-43,45-49,51-52H,3-13,16,19,22-41H2,1-2H3,(H,53,54,55)/b15-14-,18-17-,21-20-. The number of unbranched alkanes of at least 4 members (excludes halogenated alkanes) is 23. The van der Waals surface area contributed by atoms with Crippen molar-refractivity contribution in [1.82, 2.24) is 0 Å². The summed E-state index contributed by atoms with van der Waals surface area (Å²) in [6.45, 7) is 3.96. The number of carbonyl (C=O) groups is 1. The van der Waals surface area contributed by atoms with Crippen LogP contribution < -0.4 is 0 Å². The van der Waals surface area contributed by atoms with E-state index < -0.39 is 59.8 Å². The van der Waals surface area contributed by atoms with Gasteiger partial charge >= 0.3 is 16.4 Å². The van der Waals surface area contributed by atoms with Crippen LogP contribution in [-0.2, 0) is 38.3 Å². The maximum absolute atomic E-state index is 12.8. The lowest BCUT2D eigenvalue weighted by Gasteiger charge is -2.41. The van der Waals surface area contributed by atoms with Gasteiger partial charge in [0.15, 0.2) is 6.29 Å². The van der Waals surface area contributed by atoms with E-state index in [9.17, 15) is 28.5 Å². The quantitative estimate of drug-likeness (QED) is 0.0198. The van der Waals surface area contributed by atoms with Crippen LogP contribution in [0.3, 0.4) is 0 Å². The maximum atomic E-state index is 12.8. The molecule has 0 aromatic rings. The number of aliphatic hydroxyl groups is 3. The molecule has 1 aliphatic rings. The number of rotatable bonds is 42. The molecular weight excluding hydrogens is 801 g/mol. The number of esters is 1. The average molecular weight is 889 g/mol. The first-order valence-electron chi connectivity index (χ1n) is 24.2. The van der Waals surface area contributed by atoms with Crippen LogP contribution in [-0.4, -0.2) is 97.5 Å². The smallest absolute Gasteiger partial charge is 0.397 e. The van der Waals surface area contributed by atoms with E-state index in [1.807, 2.05) is 0 Å². The lowest BCUT2D eigenvalue weighted by Crippen LogP contribution is -2.60. The van der Waals surface area contributed by atoms with Crippen LogP contribution in [0.1, 0.15) is 200 Å². The van der Waals surface area contributed by atoms with E-state index in [2.05, 4.69) is 54.5 Å². The predicted octanol–water partition coefficient (Wildman–Crippen LogP) is 10.6. The number of hydrogen-bond donors (Lipinski definition) is 4. The van der Waals surface area contributed by atoms with Crippen LogP contribution in [0, 0.1) is 0 Å². The monoisotopic (exact) mass is 889 g/mol. The molecule has 6 unspecified atom stereocenters. The first kappa shape index (κ1) is 57.3. The molecule has 1 aliphatic heterocycles. The van der Waals surface area contributed by atoms with Gasteiger partial charge in [-0.3, -0.25) is 9.35 Å². The van der Waals surface area contributed by atoms with E-state index in [0.717, 1.165) is 57.8 Å². The molecule has 0 saturated carbocycles. The van der Waals surface area contributed by atoms with Crippen molar-refractivity contribution in [3.8, 4) is 0 Å². The molecule has 0 aliphatic carbocycles. The minimum Gasteiger partial charge on any atom is -0.457 e. The van der Waals surface area contributed by atoms with Crippen molar-refractivity contribution in [1.29, 1.82) is 0 Å². The summed E-state index contributed by atoms with van der Waals surface area (Å²) in [6, 6.07) is 0. The van der Waals surface area contributed by atoms with E-state index >= 15 is 0 Å². The van der Waals surface area contributed by atoms with Crippen LogP contribution in [0.15, 0.2) is 36.5 Å². The number of carbonyl (C=O) groups excluding carboxylic acids is 1. The molecule has 1 heterocycles. The van der Waals surface area contributed by atoms with Crippen molar-refractivity contribution in [2.24, 2.45) is 0 Å². The highest BCUT2D eigenvalue weighted by Gasteiger charge is 2.48. The Labute approximate surface area is 371 Å². The molecule has 12 nitrogen and oxygen atoms in total. The van der Waals surface area contributed by atoms with E-state index in [1.165, 1.54) is 116 Å². The van der Waals surface area contributed by atoms with Gasteiger partial charge in [0.05, 0.1) is 19.8 Å². The van der Waals surface area contributed by atoms with Gasteiger partial charge in [0.2, 0.25) is 0 Å². The zero-order valence-corrected chi connectivity index (χ0v) is 39.0. The van der Waals surface area contributed by atoms with Crippen LogP contribution in [0.4, 0.5) is 0 Å². The highest BCUT2D eigenvalue weighted by atomic mass is 32.3. The second-order valence-electron chi connectivity index (χ2n) is 16.7. The molecule has 0 amide bonds. The third-order valence-corrected chi connectivity index (χ3v) is 11.5. The van der Waals surface area contributed by atoms with Gasteiger partial charge in [0, 0.05) is 13.0 Å². The minimum absolute atomic E-state index is 0.0362. The summed E-state index contributed by atoms with van der Waals surface area (Å²) in [5, 5.41) is 30.6. The number of allylic oxidation sites excluding steroid dienone is 6. The molecule has 358 valence electrons. The SMILES string of the molecule is CCCCCCC/C=C\C/C=C\C/C=C\CCCCCCCCCCCCC(=O)OC(COCCCCCCCCCCC)COC1OC(CO)C(O)C(OS(=O)(=O)O)C1O. The van der Waals surface area contributed by atoms with Crippen molar-refractivity contribution in [3.05, 3.63) is 36.5 Å². The lowest BCUT2D eigenvalue weighted by molar-refractivity contribution is -0.301. The first-order chi connectivity index (χ1) is 29.6. The van der Waals surface area contributed by atoms with Crippen molar-refractivity contribution >= 4 is 16.4 Å². The van der Waals surface area contributed by atoms with Gasteiger partial charge in [-0.1, -0.05) is 179 Å². The van der Waals surface area contributed by atoms with Gasteiger partial charge in [-0.05, 0) is 51.4 Å². The molecule has 0 aromatic heterocycles. The highest BCUT2D eigenvalue weighted by molar-refractivity contribution is 7.80. The Bertz CT molecular complexity index is 1210. The second-order valence-corrected chi connectivity index (χ2v) is 17.8. The first-order valence-corrected chi connectivity index (χ1v) is 25.6. The Morgan fingerprint density at radius 2 is 1.08 bits per heavy atom. The Hall–Kier alpha value is -1.68. The normalized spacial score (nSPS) is 20.4. The van der Waals surface area contributed by atoms with Gasteiger partial charge in [-0.15, -0.1) is 0 Å². The zero-order chi connectivity index (χ0) is 44.7. The Morgan fingerprint density at radius 1 is 0.623 bits per heavy atom.